The molecule has 2 N–H and O–H groups in total. The molecular formula is C19H18N2O8. The van der Waals surface area contributed by atoms with Gasteiger partial charge in [0.2, 0.25) is 0 Å². The fourth-order valence-corrected chi connectivity index (χ4v) is 3.04. The molecule has 0 aliphatic rings. The van der Waals surface area contributed by atoms with E-state index in [4.69, 9.17) is 18.9 Å². The lowest BCUT2D eigenvalue weighted by Crippen LogP contribution is -2.10. The van der Waals surface area contributed by atoms with E-state index < -0.39 is 23.7 Å². The smallest absolute Gasteiger partial charge is 0.356 e. The number of fused-ring (bicyclic) bond motifs is 3. The van der Waals surface area contributed by atoms with E-state index in [1.165, 1.54) is 33.5 Å². The first kappa shape index (κ1) is 19.9. The number of aromatic amines is 1. The standard InChI is InChI=1S/C19H18N2O8/c1-5-29-19(25)11-6-8-12-9(17(23)27-3)7-10(18(24)28-4)21-14(12)15(22)16(26-2)13(8)20-11/h6-7,21-22H,5H2,1-4H3. The van der Waals surface area contributed by atoms with Gasteiger partial charge in [0.05, 0.1) is 39.0 Å². The number of hydrogen-bond acceptors (Lipinski definition) is 9. The second-order valence-electron chi connectivity index (χ2n) is 5.84. The number of pyridine rings is 1. The summed E-state index contributed by atoms with van der Waals surface area (Å²) in [7, 11) is 3.66. The van der Waals surface area contributed by atoms with Crippen LogP contribution in [0, 0.1) is 0 Å². The molecule has 29 heavy (non-hydrogen) atoms. The molecule has 2 heterocycles. The minimum Gasteiger partial charge on any atom is -0.503 e. The van der Waals surface area contributed by atoms with Crippen LogP contribution in [-0.4, -0.2) is 60.9 Å². The van der Waals surface area contributed by atoms with Crippen LogP contribution >= 0.6 is 0 Å². The number of benzene rings is 1. The zero-order chi connectivity index (χ0) is 21.3. The van der Waals surface area contributed by atoms with Crippen molar-refractivity contribution in [2.45, 2.75) is 6.92 Å². The van der Waals surface area contributed by atoms with Gasteiger partial charge in [0.15, 0.2) is 11.5 Å². The molecule has 0 bridgehead atoms. The minimum absolute atomic E-state index is 0.0143. The Balaban J connectivity index is 2.50. The molecule has 1 aromatic carbocycles. The Hall–Kier alpha value is -3.82. The first-order valence-electron chi connectivity index (χ1n) is 8.47. The van der Waals surface area contributed by atoms with Crippen molar-refractivity contribution < 1.29 is 38.4 Å². The van der Waals surface area contributed by atoms with E-state index in [1.807, 2.05) is 0 Å². The Morgan fingerprint density at radius 1 is 1.07 bits per heavy atom. The third-order valence-electron chi connectivity index (χ3n) is 4.27. The number of H-pyrrole nitrogens is 1. The minimum atomic E-state index is -0.765. The van der Waals surface area contributed by atoms with Crippen molar-refractivity contribution in [3.05, 3.63) is 29.1 Å². The van der Waals surface area contributed by atoms with Crippen LogP contribution in [0.1, 0.15) is 38.3 Å². The third kappa shape index (κ3) is 3.18. The van der Waals surface area contributed by atoms with E-state index in [0.717, 1.165) is 0 Å². The number of aromatic nitrogens is 2. The molecule has 0 radical (unpaired) electrons. The summed E-state index contributed by atoms with van der Waals surface area (Å²) in [6, 6.07) is 2.65. The highest BCUT2D eigenvalue weighted by molar-refractivity contribution is 6.20. The van der Waals surface area contributed by atoms with Crippen LogP contribution in [0.5, 0.6) is 11.5 Å². The Labute approximate surface area is 164 Å². The monoisotopic (exact) mass is 402 g/mol. The molecule has 0 amide bonds. The summed E-state index contributed by atoms with van der Waals surface area (Å²) < 4.78 is 19.7. The SMILES string of the molecule is CCOC(=O)c1cc2c(n1)c(OC)c(O)c1[nH]c(C(=O)OC)cc(C(=O)OC)c12. The van der Waals surface area contributed by atoms with Crippen molar-refractivity contribution >= 4 is 39.7 Å². The van der Waals surface area contributed by atoms with E-state index in [1.54, 1.807) is 6.92 Å². The van der Waals surface area contributed by atoms with Gasteiger partial charge < -0.3 is 29.0 Å². The number of phenols is 1. The molecule has 10 nitrogen and oxygen atoms in total. The molecule has 0 unspecified atom stereocenters. The molecule has 3 rings (SSSR count). The van der Waals surface area contributed by atoms with Crippen LogP contribution < -0.4 is 4.74 Å². The van der Waals surface area contributed by atoms with Crippen molar-refractivity contribution in [1.82, 2.24) is 9.97 Å². The molecule has 0 aliphatic heterocycles. The lowest BCUT2D eigenvalue weighted by atomic mass is 10.0. The highest BCUT2D eigenvalue weighted by atomic mass is 16.5. The average molecular weight is 402 g/mol. The molecule has 2 aromatic heterocycles. The number of nitrogens with one attached hydrogen (secondary N) is 1. The number of aromatic hydroxyl groups is 1. The largest absolute Gasteiger partial charge is 0.503 e. The van der Waals surface area contributed by atoms with Crippen molar-refractivity contribution in [3.63, 3.8) is 0 Å². The van der Waals surface area contributed by atoms with Gasteiger partial charge in [-0.3, -0.25) is 0 Å². The summed E-state index contributed by atoms with van der Waals surface area (Å²) in [4.78, 5) is 43.5. The van der Waals surface area contributed by atoms with Crippen LogP contribution in [-0.2, 0) is 14.2 Å². The number of hydrogen-bond donors (Lipinski definition) is 2. The van der Waals surface area contributed by atoms with Gasteiger partial charge in [0.1, 0.15) is 16.9 Å². The quantitative estimate of drug-likeness (QED) is 0.486. The second-order valence-corrected chi connectivity index (χ2v) is 5.84. The zero-order valence-electron chi connectivity index (χ0n) is 16.1. The van der Waals surface area contributed by atoms with Gasteiger partial charge >= 0.3 is 17.9 Å². The van der Waals surface area contributed by atoms with Gasteiger partial charge in [0, 0.05) is 10.8 Å². The van der Waals surface area contributed by atoms with E-state index in [-0.39, 0.29) is 45.7 Å². The number of methoxy groups -OCH3 is 3. The highest BCUT2D eigenvalue weighted by Crippen LogP contribution is 2.43. The van der Waals surface area contributed by atoms with E-state index in [2.05, 4.69) is 9.97 Å². The van der Waals surface area contributed by atoms with E-state index >= 15 is 0 Å². The van der Waals surface area contributed by atoms with Crippen LogP contribution in [0.3, 0.4) is 0 Å². The summed E-state index contributed by atoms with van der Waals surface area (Å²) in [6.07, 6.45) is 0. The number of esters is 3. The Morgan fingerprint density at radius 2 is 1.76 bits per heavy atom. The van der Waals surface area contributed by atoms with Gasteiger partial charge in [-0.2, -0.15) is 0 Å². The van der Waals surface area contributed by atoms with Crippen molar-refractivity contribution in [1.29, 1.82) is 0 Å². The number of carbonyl (C=O) groups is 3. The summed E-state index contributed by atoms with van der Waals surface area (Å²) in [5, 5.41) is 11.3. The molecule has 0 fully saturated rings. The van der Waals surface area contributed by atoms with Crippen molar-refractivity contribution in [2.75, 3.05) is 27.9 Å². The fourth-order valence-electron chi connectivity index (χ4n) is 3.04. The van der Waals surface area contributed by atoms with E-state index in [0.29, 0.717) is 5.39 Å². The van der Waals surface area contributed by atoms with Gasteiger partial charge in [-0.15, -0.1) is 0 Å². The fraction of sp³-hybridized carbons (Fsp3) is 0.263. The Morgan fingerprint density at radius 3 is 2.34 bits per heavy atom. The van der Waals surface area contributed by atoms with Crippen LogP contribution in [0.25, 0.3) is 21.8 Å². The number of nitrogens with zero attached hydrogens (tertiary/aromatic N) is 1. The maximum atomic E-state index is 12.4. The predicted molar refractivity (Wildman–Crippen MR) is 100 cm³/mol. The zero-order valence-corrected chi connectivity index (χ0v) is 16.1. The van der Waals surface area contributed by atoms with Crippen LogP contribution in [0.2, 0.25) is 0 Å². The molecule has 0 aliphatic carbocycles. The van der Waals surface area contributed by atoms with Gasteiger partial charge in [-0.1, -0.05) is 0 Å². The van der Waals surface area contributed by atoms with E-state index in [9.17, 15) is 19.5 Å². The molecule has 0 saturated heterocycles. The first-order chi connectivity index (χ1) is 13.9. The molecule has 10 heteroatoms. The Bertz CT molecular complexity index is 1150. The molecule has 152 valence electrons. The molecule has 0 saturated carbocycles. The number of rotatable bonds is 5. The molecule has 0 atom stereocenters. The molecule has 3 aromatic rings. The number of ether oxygens (including phenoxy) is 4. The van der Waals surface area contributed by atoms with Crippen molar-refractivity contribution in [3.8, 4) is 11.5 Å². The molecule has 0 spiro atoms. The average Bonchev–Trinajstić information content (AvgIpc) is 3.17. The number of carbonyl (C=O) groups excluding carboxylic acids is 3. The van der Waals surface area contributed by atoms with Gasteiger partial charge in [-0.05, 0) is 19.1 Å². The van der Waals surface area contributed by atoms with Crippen LogP contribution in [0.15, 0.2) is 12.1 Å². The normalized spacial score (nSPS) is 10.8. The maximum Gasteiger partial charge on any atom is 0.356 e. The highest BCUT2D eigenvalue weighted by Gasteiger charge is 2.26. The third-order valence-corrected chi connectivity index (χ3v) is 4.27. The summed E-state index contributed by atoms with van der Waals surface area (Å²) in [5.41, 5.74) is -0.0000558. The first-order valence-corrected chi connectivity index (χ1v) is 8.47. The topological polar surface area (TPSA) is 137 Å². The summed E-state index contributed by atoms with van der Waals surface area (Å²) >= 11 is 0. The lowest BCUT2D eigenvalue weighted by molar-refractivity contribution is 0.0518. The molecular weight excluding hydrogens is 384 g/mol. The Kier molecular flexibility index (Phi) is 5.26. The summed E-state index contributed by atoms with van der Waals surface area (Å²) in [5.74, 6) is -2.65. The van der Waals surface area contributed by atoms with Crippen molar-refractivity contribution in [2.24, 2.45) is 0 Å². The van der Waals surface area contributed by atoms with Gasteiger partial charge in [0.25, 0.3) is 0 Å². The number of phenolic OH excluding ortho intramolecular Hbond substituents is 1. The summed E-state index contributed by atoms with van der Waals surface area (Å²) in [6.45, 7) is 1.80. The second kappa shape index (κ2) is 7.66. The maximum absolute atomic E-state index is 12.4. The van der Waals surface area contributed by atoms with Crippen LogP contribution in [0.4, 0.5) is 0 Å². The lowest BCUT2D eigenvalue weighted by Gasteiger charge is -2.13. The van der Waals surface area contributed by atoms with Gasteiger partial charge in [-0.25, -0.2) is 19.4 Å². The predicted octanol–water partition coefficient (Wildman–Crippen LogP) is 2.18.